The number of rotatable bonds is 3. The van der Waals surface area contributed by atoms with Crippen LogP contribution in [0.25, 0.3) is 0 Å². The first-order valence-electron chi connectivity index (χ1n) is 11.0. The van der Waals surface area contributed by atoms with E-state index in [0.29, 0.717) is 5.75 Å². The van der Waals surface area contributed by atoms with Crippen LogP contribution in [0.2, 0.25) is 5.02 Å². The lowest BCUT2D eigenvalue weighted by atomic mass is 9.84. The van der Waals surface area contributed by atoms with Gasteiger partial charge in [-0.05, 0) is 60.6 Å². The van der Waals surface area contributed by atoms with Gasteiger partial charge in [0.1, 0.15) is 5.75 Å². The summed E-state index contributed by atoms with van der Waals surface area (Å²) < 4.78 is 0. The smallest absolute Gasteiger partial charge is 0.234 e. The summed E-state index contributed by atoms with van der Waals surface area (Å²) in [6.45, 7) is 13.2. The van der Waals surface area contributed by atoms with Crippen LogP contribution in [0, 0.1) is 19.3 Å². The SMILES string of the molecule is CC(=O)N(C1c2c(O)c(C)cc(C)c2CC1(C)C)N1CCN(c2cccc(Cl)c2)CC1. The number of piperazine rings is 1. The normalized spacial score (nSPS) is 20.6. The maximum Gasteiger partial charge on any atom is 0.234 e. The molecule has 0 aromatic heterocycles. The Hall–Kier alpha value is -2.24. The Balaban J connectivity index is 1.64. The fourth-order valence-electron chi connectivity index (χ4n) is 5.36. The van der Waals surface area contributed by atoms with Crippen LogP contribution in [-0.2, 0) is 11.2 Å². The number of hydrazine groups is 1. The third-order valence-electron chi connectivity index (χ3n) is 6.81. The van der Waals surface area contributed by atoms with Crippen molar-refractivity contribution in [3.8, 4) is 5.75 Å². The van der Waals surface area contributed by atoms with Crippen molar-refractivity contribution in [3.05, 3.63) is 57.6 Å². The fraction of sp³-hybridized carbons (Fsp3) is 0.480. The molecule has 2 aromatic rings. The minimum absolute atomic E-state index is 0.0145. The van der Waals surface area contributed by atoms with Gasteiger partial charge in [-0.3, -0.25) is 9.80 Å². The largest absolute Gasteiger partial charge is 0.507 e. The maximum absolute atomic E-state index is 13.0. The van der Waals surface area contributed by atoms with Crippen molar-refractivity contribution in [1.29, 1.82) is 0 Å². The molecule has 2 aliphatic rings. The third-order valence-corrected chi connectivity index (χ3v) is 7.05. The number of nitrogens with zero attached hydrogens (tertiary/aromatic N) is 3. The first-order valence-corrected chi connectivity index (χ1v) is 11.3. The molecule has 1 N–H and O–H groups in total. The van der Waals surface area contributed by atoms with Crippen LogP contribution >= 0.6 is 11.6 Å². The van der Waals surface area contributed by atoms with Crippen LogP contribution in [0.3, 0.4) is 0 Å². The zero-order chi connectivity index (χ0) is 22.5. The van der Waals surface area contributed by atoms with Gasteiger partial charge in [0.05, 0.1) is 6.04 Å². The van der Waals surface area contributed by atoms with E-state index in [1.54, 1.807) is 6.92 Å². The average Bonchev–Trinajstić information content (AvgIpc) is 2.99. The second-order valence-corrected chi connectivity index (χ2v) is 10.0. The third kappa shape index (κ3) is 3.90. The van der Waals surface area contributed by atoms with E-state index in [2.05, 4.69) is 42.8 Å². The Bertz CT molecular complexity index is 1010. The number of aromatic hydroxyl groups is 1. The summed E-state index contributed by atoms with van der Waals surface area (Å²) in [5.41, 5.74) is 5.10. The summed E-state index contributed by atoms with van der Waals surface area (Å²) in [5.74, 6) is 0.348. The minimum Gasteiger partial charge on any atom is -0.507 e. The molecule has 5 nitrogen and oxygen atoms in total. The summed E-state index contributed by atoms with van der Waals surface area (Å²) in [5, 5.41) is 15.8. The van der Waals surface area contributed by atoms with Gasteiger partial charge in [-0.1, -0.05) is 37.6 Å². The lowest BCUT2D eigenvalue weighted by Crippen LogP contribution is -2.57. The van der Waals surface area contributed by atoms with E-state index in [-0.39, 0.29) is 17.4 Å². The van der Waals surface area contributed by atoms with Crippen molar-refractivity contribution in [2.45, 2.75) is 47.1 Å². The Morgan fingerprint density at radius 1 is 1.13 bits per heavy atom. The molecule has 1 fully saturated rings. The quantitative estimate of drug-likeness (QED) is 0.738. The molecule has 1 unspecified atom stereocenters. The van der Waals surface area contributed by atoms with Crippen LogP contribution in [0.4, 0.5) is 5.69 Å². The van der Waals surface area contributed by atoms with Gasteiger partial charge in [0.25, 0.3) is 0 Å². The Kier molecular flexibility index (Phi) is 5.69. The molecule has 1 heterocycles. The van der Waals surface area contributed by atoms with Gasteiger partial charge in [0, 0.05) is 49.4 Å². The first-order chi connectivity index (χ1) is 14.6. The van der Waals surface area contributed by atoms with E-state index in [9.17, 15) is 9.90 Å². The van der Waals surface area contributed by atoms with Gasteiger partial charge in [-0.15, -0.1) is 0 Å². The van der Waals surface area contributed by atoms with E-state index in [0.717, 1.165) is 54.4 Å². The summed E-state index contributed by atoms with van der Waals surface area (Å²) in [6, 6.07) is 9.78. The molecule has 1 aliphatic heterocycles. The van der Waals surface area contributed by atoms with Gasteiger partial charge in [-0.2, -0.15) is 0 Å². The summed E-state index contributed by atoms with van der Waals surface area (Å²) in [6.07, 6.45) is 0.846. The van der Waals surface area contributed by atoms with Crippen LogP contribution < -0.4 is 4.90 Å². The molecule has 0 saturated carbocycles. The number of phenolic OH excluding ortho intramolecular Hbond substituents is 1. The monoisotopic (exact) mass is 441 g/mol. The number of aryl methyl sites for hydroxylation is 2. The number of benzene rings is 2. The van der Waals surface area contributed by atoms with Crippen LogP contribution in [0.5, 0.6) is 5.75 Å². The highest BCUT2D eigenvalue weighted by Crippen LogP contribution is 2.54. The number of anilines is 1. The molecule has 166 valence electrons. The topological polar surface area (TPSA) is 47.0 Å². The minimum atomic E-state index is -0.184. The summed E-state index contributed by atoms with van der Waals surface area (Å²) >= 11 is 6.18. The van der Waals surface area contributed by atoms with Crippen molar-refractivity contribution in [2.24, 2.45) is 5.41 Å². The zero-order valence-corrected chi connectivity index (χ0v) is 19.8. The Labute approximate surface area is 190 Å². The maximum atomic E-state index is 13.0. The fourth-order valence-corrected chi connectivity index (χ4v) is 5.54. The number of fused-ring (bicyclic) bond motifs is 1. The highest BCUT2D eigenvalue weighted by Gasteiger charge is 2.48. The zero-order valence-electron chi connectivity index (χ0n) is 19.1. The van der Waals surface area contributed by atoms with Crippen LogP contribution in [-0.4, -0.2) is 47.2 Å². The second kappa shape index (κ2) is 8.03. The van der Waals surface area contributed by atoms with Gasteiger partial charge >= 0.3 is 0 Å². The van der Waals surface area contributed by atoms with Gasteiger partial charge < -0.3 is 10.0 Å². The molecular weight excluding hydrogens is 410 g/mol. The molecule has 4 rings (SSSR count). The standard InChI is InChI=1S/C25H32ClN3O2/c1-16-13-17(2)23(31)22-21(16)15-25(4,5)24(22)29(18(3)30)28-11-9-27(10-12-28)20-8-6-7-19(26)14-20/h6-8,13-14,24,31H,9-12,15H2,1-5H3. The molecule has 31 heavy (non-hydrogen) atoms. The van der Waals surface area contributed by atoms with E-state index in [1.807, 2.05) is 30.1 Å². The van der Waals surface area contributed by atoms with Crippen molar-refractivity contribution < 1.29 is 9.90 Å². The van der Waals surface area contributed by atoms with E-state index < -0.39 is 0 Å². The molecule has 0 spiro atoms. The van der Waals surface area contributed by atoms with Crippen LogP contribution in [0.15, 0.2) is 30.3 Å². The average molecular weight is 442 g/mol. The second-order valence-electron chi connectivity index (χ2n) is 9.60. The predicted octanol–water partition coefficient (Wildman–Crippen LogP) is 4.87. The number of hydrogen-bond acceptors (Lipinski definition) is 4. The van der Waals surface area contributed by atoms with Crippen molar-refractivity contribution in [2.75, 3.05) is 31.1 Å². The molecule has 0 bridgehead atoms. The molecule has 1 atom stereocenters. The number of halogens is 1. The van der Waals surface area contributed by atoms with E-state index in [1.165, 1.54) is 11.1 Å². The molecule has 6 heteroatoms. The van der Waals surface area contributed by atoms with E-state index in [4.69, 9.17) is 11.6 Å². The van der Waals surface area contributed by atoms with Gasteiger partial charge in [-0.25, -0.2) is 5.01 Å². The predicted molar refractivity (Wildman–Crippen MR) is 126 cm³/mol. The number of carbonyl (C=O) groups excluding carboxylic acids is 1. The molecule has 0 radical (unpaired) electrons. The van der Waals surface area contributed by atoms with Crippen molar-refractivity contribution >= 4 is 23.2 Å². The van der Waals surface area contributed by atoms with Crippen molar-refractivity contribution in [1.82, 2.24) is 10.0 Å². The van der Waals surface area contributed by atoms with E-state index >= 15 is 0 Å². The highest BCUT2D eigenvalue weighted by atomic mass is 35.5. The lowest BCUT2D eigenvalue weighted by Gasteiger charge is -2.47. The number of amides is 1. The Morgan fingerprint density at radius 2 is 1.81 bits per heavy atom. The Morgan fingerprint density at radius 3 is 2.42 bits per heavy atom. The van der Waals surface area contributed by atoms with Gasteiger partial charge in [0.15, 0.2) is 0 Å². The summed E-state index contributed by atoms with van der Waals surface area (Å²) in [7, 11) is 0. The molecule has 1 amide bonds. The van der Waals surface area contributed by atoms with Crippen molar-refractivity contribution in [3.63, 3.8) is 0 Å². The molecule has 2 aromatic carbocycles. The summed E-state index contributed by atoms with van der Waals surface area (Å²) in [4.78, 5) is 15.3. The van der Waals surface area contributed by atoms with Crippen LogP contribution in [0.1, 0.15) is 49.1 Å². The van der Waals surface area contributed by atoms with Gasteiger partial charge in [0.2, 0.25) is 5.91 Å². The number of phenols is 1. The highest BCUT2D eigenvalue weighted by molar-refractivity contribution is 6.30. The molecule has 1 aliphatic carbocycles. The molecule has 1 saturated heterocycles. The number of hydrogen-bond donors (Lipinski definition) is 1. The number of carbonyl (C=O) groups is 1. The first kappa shape index (κ1) is 22.0. The lowest BCUT2D eigenvalue weighted by molar-refractivity contribution is -0.161. The molecular formula is C25H32ClN3O2.